The maximum Gasteiger partial charge on any atom is 0.251 e. The zero-order chi connectivity index (χ0) is 25.5. The second-order valence-electron chi connectivity index (χ2n) is 7.83. The van der Waals surface area contributed by atoms with Gasteiger partial charge in [0.05, 0.1) is 36.9 Å². The van der Waals surface area contributed by atoms with Crippen LogP contribution in [-0.2, 0) is 21.9 Å². The smallest absolute Gasteiger partial charge is 0.251 e. The maximum absolute atomic E-state index is 13.3. The average Bonchev–Trinajstić information content (AvgIpc) is 3.14. The summed E-state index contributed by atoms with van der Waals surface area (Å²) in [6.07, 6.45) is 0. The van der Waals surface area contributed by atoms with Gasteiger partial charge in [0.1, 0.15) is 11.7 Å². The minimum atomic E-state index is -3.88. The van der Waals surface area contributed by atoms with Gasteiger partial charge in [0.2, 0.25) is 21.8 Å². The topological polar surface area (TPSA) is 163 Å². The van der Waals surface area contributed by atoms with Gasteiger partial charge in [-0.25, -0.2) is 13.6 Å². The Balaban J connectivity index is 0.00000361. The Morgan fingerprint density at radius 3 is 2.42 bits per heavy atom. The number of hydrogen-bond acceptors (Lipinski definition) is 8. The first-order valence-electron chi connectivity index (χ1n) is 10.4. The van der Waals surface area contributed by atoms with Crippen molar-refractivity contribution in [3.05, 3.63) is 48.5 Å². The summed E-state index contributed by atoms with van der Waals surface area (Å²) in [6, 6.07) is 11.9. The van der Waals surface area contributed by atoms with Crippen LogP contribution in [0.2, 0.25) is 0 Å². The van der Waals surface area contributed by atoms with E-state index in [0.717, 1.165) is 16.4 Å². The second-order valence-corrected chi connectivity index (χ2v) is 9.39. The molecule has 1 amide bonds. The fourth-order valence-corrected chi connectivity index (χ4v) is 4.51. The molecule has 0 aliphatic carbocycles. The zero-order valence-electron chi connectivity index (χ0n) is 19.7. The highest BCUT2D eigenvalue weighted by Gasteiger charge is 2.28. The lowest BCUT2D eigenvalue weighted by molar-refractivity contribution is -0.119. The molecule has 0 spiro atoms. The van der Waals surface area contributed by atoms with Crippen LogP contribution < -0.4 is 25.2 Å². The summed E-state index contributed by atoms with van der Waals surface area (Å²) in [7, 11) is 0.819. The molecule has 36 heavy (non-hydrogen) atoms. The number of pyridine rings is 1. The number of nitrogens with zero attached hydrogens (tertiary/aromatic N) is 3. The van der Waals surface area contributed by atoms with Gasteiger partial charge >= 0.3 is 0 Å². The first-order chi connectivity index (χ1) is 16.6. The van der Waals surface area contributed by atoms with E-state index in [9.17, 15) is 18.3 Å². The van der Waals surface area contributed by atoms with Gasteiger partial charge in [0.15, 0.2) is 0 Å². The monoisotopic (exact) mass is 535 g/mol. The van der Waals surface area contributed by atoms with E-state index in [-0.39, 0.29) is 23.2 Å². The molecule has 2 aromatic carbocycles. The number of aromatic nitrogens is 2. The predicted octanol–water partition coefficient (Wildman–Crippen LogP) is 1.80. The van der Waals surface area contributed by atoms with E-state index in [0.29, 0.717) is 22.6 Å². The Labute approximate surface area is 213 Å². The highest BCUT2D eigenvalue weighted by molar-refractivity contribution is 7.89. The SMILES string of the molecule is COc1ccc(N(C(=O)C(N)CO)c2ccc3c4cc(S(N)(=O)=O)ccc4n(C)c3c2)c(OC)n1.Cl. The van der Waals surface area contributed by atoms with Crippen molar-refractivity contribution in [2.75, 3.05) is 25.7 Å². The molecule has 1 atom stereocenters. The fraction of sp³-hybridized carbons (Fsp3) is 0.217. The molecule has 11 nitrogen and oxygen atoms in total. The molecule has 0 bridgehead atoms. The lowest BCUT2D eigenvalue weighted by Crippen LogP contribution is -2.44. The van der Waals surface area contributed by atoms with Gasteiger partial charge in [-0.15, -0.1) is 12.4 Å². The van der Waals surface area contributed by atoms with Gasteiger partial charge in [-0.2, -0.15) is 4.98 Å². The molecule has 5 N–H and O–H groups in total. The number of aryl methyl sites for hydroxylation is 1. The number of carbonyl (C=O) groups is 1. The number of aliphatic hydroxyl groups excluding tert-OH is 1. The summed E-state index contributed by atoms with van der Waals surface area (Å²) in [5, 5.41) is 16.3. The van der Waals surface area contributed by atoms with Crippen molar-refractivity contribution in [1.82, 2.24) is 9.55 Å². The highest BCUT2D eigenvalue weighted by Crippen LogP contribution is 2.38. The zero-order valence-corrected chi connectivity index (χ0v) is 21.3. The Morgan fingerprint density at radius 1 is 1.08 bits per heavy atom. The van der Waals surface area contributed by atoms with Crippen LogP contribution in [0.1, 0.15) is 0 Å². The molecule has 4 aromatic rings. The number of anilines is 2. The van der Waals surface area contributed by atoms with Gasteiger partial charge in [-0.3, -0.25) is 9.69 Å². The third-order valence-electron chi connectivity index (χ3n) is 5.74. The first kappa shape index (κ1) is 27.2. The molecular weight excluding hydrogens is 510 g/mol. The van der Waals surface area contributed by atoms with E-state index in [4.69, 9.17) is 20.3 Å². The molecule has 0 saturated heterocycles. The van der Waals surface area contributed by atoms with Crippen LogP contribution in [0.4, 0.5) is 11.4 Å². The molecule has 0 aliphatic rings. The lowest BCUT2D eigenvalue weighted by atomic mass is 10.1. The largest absolute Gasteiger partial charge is 0.481 e. The third-order valence-corrected chi connectivity index (χ3v) is 6.65. The standard InChI is InChI=1S/C23H25N5O6S.ClH/c1-27-18-7-5-14(35(25,31)32)11-16(18)15-6-4-13(10-20(15)27)28(23(30)17(24)12-29)19-8-9-21(33-2)26-22(19)34-3;/h4-11,17,29H,12,24H2,1-3H3,(H2,25,31,32);1H. The molecule has 2 heterocycles. The molecule has 1 unspecified atom stereocenters. The molecule has 0 saturated carbocycles. The lowest BCUT2D eigenvalue weighted by Gasteiger charge is -2.26. The number of primary sulfonamides is 1. The van der Waals surface area contributed by atoms with E-state index < -0.39 is 28.6 Å². The van der Waals surface area contributed by atoms with Crippen LogP contribution in [0.5, 0.6) is 11.8 Å². The number of aliphatic hydroxyl groups is 1. The van der Waals surface area contributed by atoms with Gasteiger partial charge in [0.25, 0.3) is 5.91 Å². The number of amides is 1. The van der Waals surface area contributed by atoms with Gasteiger partial charge in [-0.1, -0.05) is 6.07 Å². The van der Waals surface area contributed by atoms with Crippen molar-refractivity contribution in [2.24, 2.45) is 17.9 Å². The molecule has 0 aliphatic heterocycles. The van der Waals surface area contributed by atoms with E-state index in [1.165, 1.54) is 31.3 Å². The number of sulfonamides is 1. The molecular formula is C23H26ClN5O6S. The summed E-state index contributed by atoms with van der Waals surface area (Å²) in [5.74, 6) is -0.163. The van der Waals surface area contributed by atoms with Crippen LogP contribution >= 0.6 is 12.4 Å². The van der Waals surface area contributed by atoms with Crippen molar-refractivity contribution in [3.8, 4) is 11.8 Å². The number of carbonyl (C=O) groups excluding carboxylic acids is 1. The van der Waals surface area contributed by atoms with Crippen LogP contribution in [0.15, 0.2) is 53.4 Å². The fourth-order valence-electron chi connectivity index (χ4n) is 3.97. The Morgan fingerprint density at radius 2 is 1.81 bits per heavy atom. The van der Waals surface area contributed by atoms with Crippen molar-refractivity contribution in [1.29, 1.82) is 0 Å². The Kier molecular flexibility index (Phi) is 7.76. The van der Waals surface area contributed by atoms with Crippen LogP contribution in [-0.4, -0.2) is 55.9 Å². The number of ether oxygens (including phenoxy) is 2. The quantitative estimate of drug-likeness (QED) is 0.322. The predicted molar refractivity (Wildman–Crippen MR) is 139 cm³/mol. The number of benzene rings is 2. The molecule has 2 aromatic heterocycles. The maximum atomic E-state index is 13.3. The normalized spacial score (nSPS) is 12.3. The van der Waals surface area contributed by atoms with Gasteiger partial charge in [-0.05, 0) is 36.4 Å². The number of nitrogens with two attached hydrogens (primary N) is 2. The first-order valence-corrected chi connectivity index (χ1v) is 12.0. The number of halogens is 1. The number of rotatable bonds is 7. The summed E-state index contributed by atoms with van der Waals surface area (Å²) in [4.78, 5) is 18.9. The highest BCUT2D eigenvalue weighted by atomic mass is 35.5. The Bertz CT molecular complexity index is 1560. The number of hydrogen-bond donors (Lipinski definition) is 3. The van der Waals surface area contributed by atoms with Crippen LogP contribution in [0.3, 0.4) is 0 Å². The molecule has 13 heteroatoms. The summed E-state index contributed by atoms with van der Waals surface area (Å²) in [6.45, 7) is -0.562. The van der Waals surface area contributed by atoms with Gasteiger partial charge in [0, 0.05) is 29.4 Å². The van der Waals surface area contributed by atoms with E-state index >= 15 is 0 Å². The van der Waals surface area contributed by atoms with Crippen molar-refractivity contribution >= 4 is 61.5 Å². The molecule has 0 radical (unpaired) electrons. The van der Waals surface area contributed by atoms with E-state index in [2.05, 4.69) is 4.98 Å². The molecule has 4 rings (SSSR count). The van der Waals surface area contributed by atoms with E-state index in [1.54, 1.807) is 36.4 Å². The second kappa shape index (κ2) is 10.3. The minimum Gasteiger partial charge on any atom is -0.481 e. The summed E-state index contributed by atoms with van der Waals surface area (Å²) >= 11 is 0. The van der Waals surface area contributed by atoms with Crippen LogP contribution in [0.25, 0.3) is 21.8 Å². The Hall–Kier alpha value is -3.42. The number of fused-ring (bicyclic) bond motifs is 3. The number of methoxy groups -OCH3 is 2. The van der Waals surface area contributed by atoms with Crippen molar-refractivity contribution < 1.29 is 27.8 Å². The summed E-state index contributed by atoms with van der Waals surface area (Å²) < 4.78 is 36.1. The minimum absolute atomic E-state index is 0. The molecule has 192 valence electrons. The third kappa shape index (κ3) is 4.68. The van der Waals surface area contributed by atoms with Gasteiger partial charge < -0.3 is 24.9 Å². The molecule has 0 fully saturated rings. The van der Waals surface area contributed by atoms with Crippen molar-refractivity contribution in [2.45, 2.75) is 10.9 Å². The van der Waals surface area contributed by atoms with E-state index in [1.807, 2.05) is 11.6 Å². The average molecular weight is 536 g/mol. The van der Waals surface area contributed by atoms with Crippen molar-refractivity contribution in [3.63, 3.8) is 0 Å². The summed E-state index contributed by atoms with van der Waals surface area (Å²) in [5.41, 5.74) is 8.14. The van der Waals surface area contributed by atoms with Crippen LogP contribution in [0, 0.1) is 0 Å².